The molecule has 0 radical (unpaired) electrons. The molecule has 1 saturated heterocycles. The summed E-state index contributed by atoms with van der Waals surface area (Å²) >= 11 is 1.59. The van der Waals surface area contributed by atoms with Crippen LogP contribution in [0.1, 0.15) is 21.5 Å². The highest BCUT2D eigenvalue weighted by Gasteiger charge is 2.27. The fraction of sp³-hybridized carbons (Fsp3) is 0.200. The molecule has 1 amide bonds. The van der Waals surface area contributed by atoms with E-state index >= 15 is 0 Å². The Balaban J connectivity index is 1.35. The summed E-state index contributed by atoms with van der Waals surface area (Å²) in [5.74, 6) is 0.771. The Morgan fingerprint density at radius 1 is 1.06 bits per heavy atom. The van der Waals surface area contributed by atoms with E-state index in [1.165, 1.54) is 0 Å². The summed E-state index contributed by atoms with van der Waals surface area (Å²) in [6.45, 7) is 3.12. The molecule has 3 aromatic heterocycles. The molecule has 1 aliphatic heterocycles. The predicted octanol–water partition coefficient (Wildman–Crippen LogP) is 3.89. The number of nitrogens with zero attached hydrogens (tertiary/aromatic N) is 6. The van der Waals surface area contributed by atoms with Gasteiger partial charge in [0, 0.05) is 38.6 Å². The van der Waals surface area contributed by atoms with Crippen molar-refractivity contribution in [1.29, 1.82) is 5.26 Å². The van der Waals surface area contributed by atoms with Crippen LogP contribution in [0, 0.1) is 11.3 Å². The number of hydrogen-bond acceptors (Lipinski definition) is 6. The van der Waals surface area contributed by atoms with Gasteiger partial charge < -0.3 is 9.80 Å². The molecular formula is C25H22N6OS. The maximum Gasteiger partial charge on any atom is 0.257 e. The van der Waals surface area contributed by atoms with Crippen molar-refractivity contribution in [2.24, 2.45) is 0 Å². The van der Waals surface area contributed by atoms with Crippen molar-refractivity contribution < 1.29 is 4.79 Å². The van der Waals surface area contributed by atoms with Gasteiger partial charge in [-0.3, -0.25) is 9.48 Å². The molecule has 0 bridgehead atoms. The number of amides is 1. The minimum absolute atomic E-state index is 0.00361. The molecule has 0 atom stereocenters. The lowest BCUT2D eigenvalue weighted by molar-refractivity contribution is 0.0747. The van der Waals surface area contributed by atoms with E-state index in [4.69, 9.17) is 10.4 Å². The zero-order valence-corrected chi connectivity index (χ0v) is 18.8. The summed E-state index contributed by atoms with van der Waals surface area (Å²) in [4.78, 5) is 22.9. The molecule has 0 spiro atoms. The Morgan fingerprint density at radius 2 is 1.88 bits per heavy atom. The zero-order chi connectivity index (χ0) is 22.6. The number of piperazine rings is 1. The third-order valence-electron chi connectivity index (χ3n) is 5.70. The van der Waals surface area contributed by atoms with E-state index in [-0.39, 0.29) is 5.91 Å². The van der Waals surface area contributed by atoms with Crippen LogP contribution < -0.4 is 4.90 Å². The molecule has 7 nitrogen and oxygen atoms in total. The maximum absolute atomic E-state index is 13.5. The van der Waals surface area contributed by atoms with Gasteiger partial charge in [0.1, 0.15) is 11.5 Å². The molecule has 1 aromatic carbocycles. The Hall–Kier alpha value is -3.96. The number of carbonyl (C=O) groups is 1. The third kappa shape index (κ3) is 4.49. The van der Waals surface area contributed by atoms with Gasteiger partial charge >= 0.3 is 0 Å². The van der Waals surface area contributed by atoms with Crippen LogP contribution in [0.4, 0.5) is 5.82 Å². The number of thiophene rings is 1. The lowest BCUT2D eigenvalue weighted by Crippen LogP contribution is -2.49. The zero-order valence-electron chi connectivity index (χ0n) is 18.0. The molecular weight excluding hydrogens is 432 g/mol. The summed E-state index contributed by atoms with van der Waals surface area (Å²) in [6, 6.07) is 19.7. The van der Waals surface area contributed by atoms with Crippen molar-refractivity contribution in [2.75, 3.05) is 31.1 Å². The summed E-state index contributed by atoms with van der Waals surface area (Å²) in [5.41, 5.74) is 3.09. The van der Waals surface area contributed by atoms with Crippen LogP contribution in [0.5, 0.6) is 0 Å². The number of rotatable bonds is 5. The van der Waals surface area contributed by atoms with E-state index < -0.39 is 0 Å². The SMILES string of the molecule is N#Cc1ccnc(N2CCN(C(=O)c3cn(Cc4ccccc4)nc3-c3cccs3)CC2)c1. The first kappa shape index (κ1) is 20.9. The first-order valence-electron chi connectivity index (χ1n) is 10.8. The van der Waals surface area contributed by atoms with Crippen LogP contribution in [0.25, 0.3) is 10.6 Å². The Kier molecular flexibility index (Phi) is 5.87. The van der Waals surface area contributed by atoms with Crippen molar-refractivity contribution in [2.45, 2.75) is 6.54 Å². The number of carbonyl (C=O) groups excluding carboxylic acids is 1. The molecule has 1 aliphatic rings. The van der Waals surface area contributed by atoms with E-state index in [0.717, 1.165) is 22.0 Å². The molecule has 0 aliphatic carbocycles. The molecule has 1 fully saturated rings. The fourth-order valence-corrected chi connectivity index (χ4v) is 4.72. The van der Waals surface area contributed by atoms with Crippen LogP contribution in [-0.2, 0) is 6.54 Å². The fourth-order valence-electron chi connectivity index (χ4n) is 3.99. The second-order valence-corrected chi connectivity index (χ2v) is 8.79. The largest absolute Gasteiger partial charge is 0.353 e. The highest BCUT2D eigenvalue weighted by molar-refractivity contribution is 7.13. The first-order chi connectivity index (χ1) is 16.2. The number of pyridine rings is 1. The Bertz CT molecular complexity index is 1280. The van der Waals surface area contributed by atoms with Crippen LogP contribution in [0.15, 0.2) is 72.4 Å². The first-order valence-corrected chi connectivity index (χ1v) is 11.6. The number of nitriles is 1. The summed E-state index contributed by atoms with van der Waals surface area (Å²) < 4.78 is 1.85. The molecule has 8 heteroatoms. The van der Waals surface area contributed by atoms with Gasteiger partial charge in [0.15, 0.2) is 0 Å². The molecule has 33 heavy (non-hydrogen) atoms. The molecule has 0 N–H and O–H groups in total. The average molecular weight is 455 g/mol. The average Bonchev–Trinajstić information content (AvgIpc) is 3.55. The molecule has 5 rings (SSSR count). The Morgan fingerprint density at radius 3 is 2.61 bits per heavy atom. The van der Waals surface area contributed by atoms with Crippen LogP contribution in [-0.4, -0.2) is 51.8 Å². The number of benzene rings is 1. The van der Waals surface area contributed by atoms with E-state index in [1.807, 2.05) is 51.5 Å². The standard InChI is InChI=1S/C25H22N6OS/c26-16-20-8-9-27-23(15-20)29-10-12-30(13-11-29)25(32)21-18-31(17-19-5-2-1-3-6-19)28-24(21)22-7-4-14-33-22/h1-9,14-15,18H,10-13,17H2. The van der Waals surface area contributed by atoms with E-state index in [2.05, 4.69) is 28.1 Å². The smallest absolute Gasteiger partial charge is 0.257 e. The Labute approximate surface area is 196 Å². The minimum atomic E-state index is -0.00361. The van der Waals surface area contributed by atoms with Gasteiger partial charge in [-0.1, -0.05) is 36.4 Å². The second kappa shape index (κ2) is 9.27. The van der Waals surface area contributed by atoms with Crippen molar-refractivity contribution >= 4 is 23.1 Å². The van der Waals surface area contributed by atoms with Crippen molar-refractivity contribution in [1.82, 2.24) is 19.7 Å². The number of aromatic nitrogens is 3. The van der Waals surface area contributed by atoms with E-state index in [9.17, 15) is 4.79 Å². The maximum atomic E-state index is 13.5. The predicted molar refractivity (Wildman–Crippen MR) is 128 cm³/mol. The van der Waals surface area contributed by atoms with Gasteiger partial charge in [-0.2, -0.15) is 10.4 Å². The molecule has 164 valence electrons. The highest BCUT2D eigenvalue weighted by Crippen LogP contribution is 2.28. The van der Waals surface area contributed by atoms with Crippen molar-refractivity contribution in [3.8, 4) is 16.6 Å². The topological polar surface area (TPSA) is 78.0 Å². The van der Waals surface area contributed by atoms with Gasteiger partial charge in [-0.05, 0) is 29.1 Å². The van der Waals surface area contributed by atoms with Gasteiger partial charge in [-0.15, -0.1) is 11.3 Å². The van der Waals surface area contributed by atoms with Gasteiger partial charge in [0.2, 0.25) is 0 Å². The number of anilines is 1. The number of hydrogen-bond donors (Lipinski definition) is 0. The summed E-state index contributed by atoms with van der Waals surface area (Å²) in [7, 11) is 0. The summed E-state index contributed by atoms with van der Waals surface area (Å²) in [5, 5.41) is 15.9. The lowest BCUT2D eigenvalue weighted by atomic mass is 10.1. The van der Waals surface area contributed by atoms with Crippen molar-refractivity contribution in [3.05, 3.63) is 89.1 Å². The van der Waals surface area contributed by atoms with Crippen LogP contribution in [0.2, 0.25) is 0 Å². The summed E-state index contributed by atoms with van der Waals surface area (Å²) in [6.07, 6.45) is 3.52. The minimum Gasteiger partial charge on any atom is -0.353 e. The van der Waals surface area contributed by atoms with Crippen LogP contribution in [0.3, 0.4) is 0 Å². The van der Waals surface area contributed by atoms with E-state index in [0.29, 0.717) is 43.9 Å². The van der Waals surface area contributed by atoms with Gasteiger partial charge in [-0.25, -0.2) is 4.98 Å². The highest BCUT2D eigenvalue weighted by atomic mass is 32.1. The van der Waals surface area contributed by atoms with Gasteiger partial charge in [0.05, 0.1) is 28.6 Å². The monoisotopic (exact) mass is 454 g/mol. The quantitative estimate of drug-likeness (QED) is 0.457. The molecule has 4 aromatic rings. The third-order valence-corrected chi connectivity index (χ3v) is 6.58. The van der Waals surface area contributed by atoms with E-state index in [1.54, 1.807) is 29.7 Å². The second-order valence-electron chi connectivity index (χ2n) is 7.85. The molecule has 0 unspecified atom stereocenters. The van der Waals surface area contributed by atoms with Crippen molar-refractivity contribution in [3.63, 3.8) is 0 Å². The van der Waals surface area contributed by atoms with Crippen LogP contribution >= 0.6 is 11.3 Å². The normalized spacial score (nSPS) is 13.7. The van der Waals surface area contributed by atoms with Gasteiger partial charge in [0.25, 0.3) is 5.91 Å². The lowest BCUT2D eigenvalue weighted by Gasteiger charge is -2.35. The molecule has 0 saturated carbocycles. The molecule has 4 heterocycles.